The molecule has 25 valence electrons. The summed E-state index contributed by atoms with van der Waals surface area (Å²) in [4.78, 5) is 0. The summed E-state index contributed by atoms with van der Waals surface area (Å²) in [5.41, 5.74) is 0. The zero-order valence-corrected chi connectivity index (χ0v) is 2.78. The van der Waals surface area contributed by atoms with Crippen LogP contribution in [0.5, 0.6) is 0 Å². The molecule has 0 unspecified atom stereocenters. The van der Waals surface area contributed by atoms with E-state index in [0.717, 1.165) is 6.54 Å². The molecule has 0 saturated heterocycles. The average Bonchev–Trinajstić information content (AvgIpc) is 1.76. The van der Waals surface area contributed by atoms with Gasteiger partial charge in [-0.25, -0.2) is 0 Å². The Hall–Kier alpha value is -0.300. The highest BCUT2D eigenvalue weighted by Gasteiger charge is 1.84. The van der Waals surface area contributed by atoms with Gasteiger partial charge in [0.05, 0.1) is 6.54 Å². The quantitative estimate of drug-likeness (QED) is 0.419. The number of rotatable bonds is 0. The largest absolute Gasteiger partial charge is 0.300 e. The van der Waals surface area contributed by atoms with Crippen molar-refractivity contribution in [3.05, 3.63) is 18.7 Å². The van der Waals surface area contributed by atoms with E-state index in [4.69, 9.17) is 0 Å². The van der Waals surface area contributed by atoms with Gasteiger partial charge in [0.15, 0.2) is 0 Å². The number of hydrogen-bond donors (Lipinski definition) is 1. The van der Waals surface area contributed by atoms with Crippen molar-refractivity contribution in [3.8, 4) is 0 Å². The van der Waals surface area contributed by atoms with E-state index in [1.165, 1.54) is 0 Å². The molecule has 0 spiro atoms. The predicted molar refractivity (Wildman–Crippen MR) is 19.1 cm³/mol. The van der Waals surface area contributed by atoms with Gasteiger partial charge in [-0.3, -0.25) is 0 Å². The Morgan fingerprint density at radius 2 is 2.80 bits per heavy atom. The highest BCUT2D eigenvalue weighted by molar-refractivity contribution is 4.94. The molecule has 0 aliphatic carbocycles. The molecule has 0 atom stereocenters. The molecular formula is C4H4N. The van der Waals surface area contributed by atoms with Crippen molar-refractivity contribution in [2.45, 2.75) is 0 Å². The first-order chi connectivity index (χ1) is 2.50. The lowest BCUT2D eigenvalue weighted by Gasteiger charge is -1.75. The highest BCUT2D eigenvalue weighted by Crippen LogP contribution is 1.79. The third kappa shape index (κ3) is 0.484. The summed E-state index contributed by atoms with van der Waals surface area (Å²) in [5, 5.41) is 2.81. The molecule has 1 N–H and O–H groups in total. The molecule has 1 aliphatic rings. The molecule has 5 heavy (non-hydrogen) atoms. The van der Waals surface area contributed by atoms with Crippen LogP contribution in [0.25, 0.3) is 0 Å². The van der Waals surface area contributed by atoms with Crippen LogP contribution < -0.4 is 5.32 Å². The van der Waals surface area contributed by atoms with Crippen molar-refractivity contribution < 1.29 is 0 Å². The van der Waals surface area contributed by atoms with Gasteiger partial charge in [0.2, 0.25) is 0 Å². The van der Waals surface area contributed by atoms with E-state index in [2.05, 4.69) is 17.9 Å². The minimum atomic E-state index is 0.903. The van der Waals surface area contributed by atoms with Gasteiger partial charge >= 0.3 is 0 Å². The van der Waals surface area contributed by atoms with Crippen molar-refractivity contribution in [2.75, 3.05) is 6.54 Å². The van der Waals surface area contributed by atoms with Crippen molar-refractivity contribution >= 4 is 0 Å². The second kappa shape index (κ2) is 1.22. The van der Waals surface area contributed by atoms with Crippen LogP contribution in [-0.2, 0) is 0 Å². The SMILES string of the molecule is [C]1[C]=CCN1. The van der Waals surface area contributed by atoms with Gasteiger partial charge in [0, 0.05) is 6.54 Å². The lowest BCUT2D eigenvalue weighted by molar-refractivity contribution is 0.974. The standard InChI is InChI=1S/C4H4N/c1-2-4-5-3-1/h1,5H,3H2. The summed E-state index contributed by atoms with van der Waals surface area (Å²) in [5.74, 6) is 0. The molecule has 0 fully saturated rings. The van der Waals surface area contributed by atoms with Gasteiger partial charge in [0.1, 0.15) is 0 Å². The Bertz CT molecular complexity index is 41.6. The zero-order valence-electron chi connectivity index (χ0n) is 2.78. The minimum Gasteiger partial charge on any atom is -0.300 e. The first-order valence-corrected chi connectivity index (χ1v) is 1.55. The van der Waals surface area contributed by atoms with Crippen molar-refractivity contribution in [3.63, 3.8) is 0 Å². The molecule has 1 heterocycles. The summed E-state index contributed by atoms with van der Waals surface area (Å²) >= 11 is 0. The van der Waals surface area contributed by atoms with Gasteiger partial charge < -0.3 is 5.32 Å². The molecule has 1 heteroatoms. The van der Waals surface area contributed by atoms with Crippen LogP contribution >= 0.6 is 0 Å². The molecule has 0 saturated carbocycles. The van der Waals surface area contributed by atoms with Gasteiger partial charge in [-0.2, -0.15) is 0 Å². The van der Waals surface area contributed by atoms with Crippen LogP contribution in [0.2, 0.25) is 0 Å². The molecule has 0 aromatic heterocycles. The van der Waals surface area contributed by atoms with Gasteiger partial charge in [-0.05, 0) is 6.08 Å². The van der Waals surface area contributed by atoms with Crippen LogP contribution in [0.4, 0.5) is 0 Å². The lowest BCUT2D eigenvalue weighted by Crippen LogP contribution is -1.99. The second-order valence-corrected chi connectivity index (χ2v) is 0.854. The molecule has 0 aromatic carbocycles. The number of nitrogens with one attached hydrogen (secondary N) is 1. The van der Waals surface area contributed by atoms with Gasteiger partial charge in [-0.1, -0.05) is 6.08 Å². The fourth-order valence-electron chi connectivity index (χ4n) is 0.255. The zero-order chi connectivity index (χ0) is 3.54. The molecular weight excluding hydrogens is 62.1 g/mol. The lowest BCUT2D eigenvalue weighted by atomic mass is 10.6. The van der Waals surface area contributed by atoms with Crippen molar-refractivity contribution in [1.29, 1.82) is 0 Å². The summed E-state index contributed by atoms with van der Waals surface area (Å²) in [6, 6.07) is 0. The summed E-state index contributed by atoms with van der Waals surface area (Å²) in [7, 11) is 0. The summed E-state index contributed by atoms with van der Waals surface area (Å²) in [6.45, 7) is 3.57. The fraction of sp³-hybridized carbons (Fsp3) is 0.250. The first-order valence-electron chi connectivity index (χ1n) is 1.55. The van der Waals surface area contributed by atoms with E-state index in [-0.39, 0.29) is 0 Å². The van der Waals surface area contributed by atoms with Crippen LogP contribution in [0.3, 0.4) is 0 Å². The molecule has 0 bridgehead atoms. The summed E-state index contributed by atoms with van der Waals surface area (Å²) < 4.78 is 0. The monoisotopic (exact) mass is 66.0 g/mol. The van der Waals surface area contributed by atoms with Crippen LogP contribution in [-0.4, -0.2) is 6.54 Å². The molecule has 1 nitrogen and oxygen atoms in total. The third-order valence-electron chi connectivity index (χ3n) is 0.467. The molecule has 0 aromatic rings. The summed E-state index contributed by atoms with van der Waals surface area (Å²) in [6.07, 6.45) is 4.62. The van der Waals surface area contributed by atoms with Crippen LogP contribution in [0.1, 0.15) is 0 Å². The Morgan fingerprint density at radius 3 is 3.00 bits per heavy atom. The Labute approximate surface area is 31.7 Å². The smallest absolute Gasteiger partial charge is 0.0937 e. The first kappa shape index (κ1) is 2.91. The number of hydrogen-bond acceptors (Lipinski definition) is 1. The highest BCUT2D eigenvalue weighted by atomic mass is 14.9. The van der Waals surface area contributed by atoms with Gasteiger partial charge in [-0.15, -0.1) is 0 Å². The van der Waals surface area contributed by atoms with E-state index >= 15 is 0 Å². The molecule has 1 aliphatic heterocycles. The topological polar surface area (TPSA) is 12.0 Å². The second-order valence-electron chi connectivity index (χ2n) is 0.854. The minimum absolute atomic E-state index is 0.903. The normalized spacial score (nSPS) is 20.8. The third-order valence-corrected chi connectivity index (χ3v) is 0.467. The van der Waals surface area contributed by atoms with Gasteiger partial charge in [0.25, 0.3) is 0 Å². The molecule has 3 radical (unpaired) electrons. The average molecular weight is 66.1 g/mol. The maximum Gasteiger partial charge on any atom is 0.0937 e. The Kier molecular flexibility index (Phi) is 0.711. The van der Waals surface area contributed by atoms with E-state index in [9.17, 15) is 0 Å². The van der Waals surface area contributed by atoms with E-state index < -0.39 is 0 Å². The fourth-order valence-corrected chi connectivity index (χ4v) is 0.255. The Morgan fingerprint density at radius 1 is 1.80 bits per heavy atom. The maximum absolute atomic E-state index is 2.81. The van der Waals surface area contributed by atoms with Crippen molar-refractivity contribution in [1.82, 2.24) is 5.32 Å². The van der Waals surface area contributed by atoms with Crippen LogP contribution in [0.15, 0.2) is 6.08 Å². The van der Waals surface area contributed by atoms with E-state index in [1.807, 2.05) is 6.08 Å². The molecule has 1 rings (SSSR count). The van der Waals surface area contributed by atoms with E-state index in [1.54, 1.807) is 0 Å². The molecule has 0 amide bonds. The predicted octanol–water partition coefficient (Wildman–Crippen LogP) is -0.0122. The Balaban J connectivity index is 2.32. The van der Waals surface area contributed by atoms with E-state index in [0.29, 0.717) is 0 Å². The van der Waals surface area contributed by atoms with Crippen molar-refractivity contribution in [2.24, 2.45) is 0 Å². The maximum atomic E-state index is 2.81. The van der Waals surface area contributed by atoms with Crippen LogP contribution in [0, 0.1) is 12.6 Å².